The second-order valence-corrected chi connectivity index (χ2v) is 7.47. The molecule has 3 N–H and O–H groups in total. The highest BCUT2D eigenvalue weighted by atomic mass is 35.5. The number of aromatic amines is 1. The fraction of sp³-hybridized carbons (Fsp3) is 0.136. The van der Waals surface area contributed by atoms with E-state index < -0.39 is 0 Å². The largest absolute Gasteiger partial charge is 0.470 e. The number of fused-ring (bicyclic) bond motifs is 2. The fourth-order valence-corrected chi connectivity index (χ4v) is 3.74. The van der Waals surface area contributed by atoms with Crippen LogP contribution in [-0.4, -0.2) is 20.9 Å². The first-order chi connectivity index (χ1) is 14.7. The molecular weight excluding hydrogens is 402 g/mol. The van der Waals surface area contributed by atoms with Gasteiger partial charge in [0.25, 0.3) is 5.91 Å². The second-order valence-electron chi connectivity index (χ2n) is 7.03. The highest BCUT2D eigenvalue weighted by molar-refractivity contribution is 6.32. The van der Waals surface area contributed by atoms with E-state index in [1.807, 2.05) is 30.3 Å². The van der Waals surface area contributed by atoms with Gasteiger partial charge in [-0.15, -0.1) is 0 Å². The summed E-state index contributed by atoms with van der Waals surface area (Å²) in [5, 5.41) is 6.70. The molecule has 30 heavy (non-hydrogen) atoms. The fourth-order valence-electron chi connectivity index (χ4n) is 3.52. The first-order valence-electron chi connectivity index (χ1n) is 9.51. The van der Waals surface area contributed by atoms with E-state index in [2.05, 4.69) is 25.6 Å². The Morgan fingerprint density at radius 1 is 1.13 bits per heavy atom. The van der Waals surface area contributed by atoms with Gasteiger partial charge in [0.1, 0.15) is 17.9 Å². The Morgan fingerprint density at radius 2 is 2.03 bits per heavy atom. The Hall–Kier alpha value is -3.42. The van der Waals surface area contributed by atoms with Gasteiger partial charge >= 0.3 is 0 Å². The highest BCUT2D eigenvalue weighted by Gasteiger charge is 2.17. The number of pyridine rings is 1. The lowest BCUT2D eigenvalue weighted by atomic mass is 10.1. The first kappa shape index (κ1) is 18.6. The molecule has 0 fully saturated rings. The summed E-state index contributed by atoms with van der Waals surface area (Å²) >= 11 is 6.25. The van der Waals surface area contributed by atoms with Gasteiger partial charge in [0.2, 0.25) is 5.88 Å². The number of carbonyl (C=O) groups excluding carboxylic acids is 1. The predicted molar refractivity (Wildman–Crippen MR) is 115 cm³/mol. The molecule has 1 aliphatic heterocycles. The van der Waals surface area contributed by atoms with Gasteiger partial charge in [0.05, 0.1) is 11.1 Å². The van der Waals surface area contributed by atoms with Gasteiger partial charge < -0.3 is 20.4 Å². The molecule has 3 heterocycles. The van der Waals surface area contributed by atoms with E-state index in [4.69, 9.17) is 16.3 Å². The number of nitrogens with zero attached hydrogens (tertiary/aromatic N) is 2. The number of hydrogen-bond donors (Lipinski definition) is 3. The summed E-state index contributed by atoms with van der Waals surface area (Å²) in [6, 6.07) is 14.7. The maximum absolute atomic E-state index is 13.0. The molecule has 0 bridgehead atoms. The number of anilines is 1. The van der Waals surface area contributed by atoms with E-state index >= 15 is 0 Å². The average molecular weight is 420 g/mol. The van der Waals surface area contributed by atoms with E-state index in [9.17, 15) is 4.79 Å². The molecule has 0 atom stereocenters. The zero-order valence-corrected chi connectivity index (χ0v) is 16.7. The lowest BCUT2D eigenvalue weighted by Crippen LogP contribution is -2.13. The summed E-state index contributed by atoms with van der Waals surface area (Å²) in [6.45, 7) is 1.86. The number of aromatic nitrogens is 3. The molecule has 0 aliphatic carbocycles. The lowest BCUT2D eigenvalue weighted by Gasteiger charge is -2.08. The number of rotatable bonds is 5. The zero-order chi connectivity index (χ0) is 20.5. The Bertz CT molecular complexity index is 1240. The van der Waals surface area contributed by atoms with Crippen molar-refractivity contribution in [1.82, 2.24) is 20.3 Å². The van der Waals surface area contributed by atoms with Crippen LogP contribution in [0, 0.1) is 0 Å². The third-order valence-electron chi connectivity index (χ3n) is 4.93. The zero-order valence-electron chi connectivity index (χ0n) is 15.9. The highest BCUT2D eigenvalue weighted by Crippen LogP contribution is 2.25. The SMILES string of the molecule is O=C(Nc1ccc2c(c1)CNC2)c1cc(Cl)cc2[nH]c(COc3ccccn3)nc12. The minimum absolute atomic E-state index is 0.197. The molecule has 2 aromatic carbocycles. The monoisotopic (exact) mass is 419 g/mol. The third-order valence-corrected chi connectivity index (χ3v) is 5.15. The number of carbonyl (C=O) groups is 1. The van der Waals surface area contributed by atoms with Crippen molar-refractivity contribution < 1.29 is 9.53 Å². The molecule has 0 spiro atoms. The van der Waals surface area contributed by atoms with Crippen LogP contribution < -0.4 is 15.4 Å². The van der Waals surface area contributed by atoms with Crippen molar-refractivity contribution in [2.45, 2.75) is 19.7 Å². The van der Waals surface area contributed by atoms with Crippen LogP contribution in [0.2, 0.25) is 5.02 Å². The molecule has 0 saturated carbocycles. The number of benzene rings is 2. The number of halogens is 1. The molecule has 150 valence electrons. The van der Waals surface area contributed by atoms with E-state index in [0.717, 1.165) is 18.8 Å². The molecular formula is C22H18ClN5O2. The summed E-state index contributed by atoms with van der Waals surface area (Å²) in [5.41, 5.74) is 4.80. The molecule has 5 rings (SSSR count). The van der Waals surface area contributed by atoms with Gasteiger partial charge in [-0.1, -0.05) is 23.7 Å². The van der Waals surface area contributed by atoms with Gasteiger partial charge in [-0.05, 0) is 41.5 Å². The first-order valence-corrected chi connectivity index (χ1v) is 9.89. The van der Waals surface area contributed by atoms with E-state index in [1.165, 1.54) is 11.1 Å². The third kappa shape index (κ3) is 3.72. The Kier molecular flexibility index (Phi) is 4.82. The molecule has 1 amide bonds. The van der Waals surface area contributed by atoms with Crippen molar-refractivity contribution in [3.63, 3.8) is 0 Å². The van der Waals surface area contributed by atoms with Crippen molar-refractivity contribution in [2.75, 3.05) is 5.32 Å². The van der Waals surface area contributed by atoms with Crippen molar-refractivity contribution in [3.8, 4) is 5.88 Å². The molecule has 0 radical (unpaired) electrons. The van der Waals surface area contributed by atoms with Crippen molar-refractivity contribution in [1.29, 1.82) is 0 Å². The van der Waals surface area contributed by atoms with E-state index in [0.29, 0.717) is 33.3 Å². The van der Waals surface area contributed by atoms with Crippen LogP contribution in [-0.2, 0) is 19.7 Å². The quantitative estimate of drug-likeness (QED) is 0.454. The van der Waals surface area contributed by atoms with Crippen molar-refractivity contribution in [2.24, 2.45) is 0 Å². The topological polar surface area (TPSA) is 91.9 Å². The van der Waals surface area contributed by atoms with E-state index in [1.54, 1.807) is 24.4 Å². The van der Waals surface area contributed by atoms with Crippen LogP contribution in [0.3, 0.4) is 0 Å². The number of H-pyrrole nitrogens is 1. The molecule has 8 heteroatoms. The summed E-state index contributed by atoms with van der Waals surface area (Å²) in [5.74, 6) is 0.813. The van der Waals surface area contributed by atoms with Crippen molar-refractivity contribution >= 4 is 34.2 Å². The predicted octanol–water partition coefficient (Wildman–Crippen LogP) is 4.05. The minimum atomic E-state index is -0.267. The minimum Gasteiger partial charge on any atom is -0.470 e. The van der Waals surface area contributed by atoms with Gasteiger partial charge in [-0.25, -0.2) is 9.97 Å². The second kappa shape index (κ2) is 7.78. The van der Waals surface area contributed by atoms with Gasteiger partial charge in [0.15, 0.2) is 0 Å². The summed E-state index contributed by atoms with van der Waals surface area (Å²) in [6.07, 6.45) is 1.66. The molecule has 4 aromatic rings. The van der Waals surface area contributed by atoms with Crippen LogP contribution in [0.15, 0.2) is 54.7 Å². The smallest absolute Gasteiger partial charge is 0.257 e. The van der Waals surface area contributed by atoms with Gasteiger partial charge in [-0.2, -0.15) is 0 Å². The van der Waals surface area contributed by atoms with E-state index in [-0.39, 0.29) is 12.5 Å². The lowest BCUT2D eigenvalue weighted by molar-refractivity contribution is 0.102. The molecule has 7 nitrogen and oxygen atoms in total. The molecule has 0 unspecified atom stereocenters. The summed E-state index contributed by atoms with van der Waals surface area (Å²) in [7, 11) is 0. The Balaban J connectivity index is 1.40. The number of nitrogens with one attached hydrogen (secondary N) is 3. The molecule has 0 saturated heterocycles. The number of hydrogen-bond acceptors (Lipinski definition) is 5. The summed E-state index contributed by atoms with van der Waals surface area (Å²) < 4.78 is 5.65. The van der Waals surface area contributed by atoms with Gasteiger partial charge in [-0.3, -0.25) is 4.79 Å². The average Bonchev–Trinajstić information content (AvgIpc) is 3.38. The standard InChI is InChI=1S/C22H18ClN5O2/c23-15-8-17(22(29)26-16-5-4-13-10-24-11-14(13)7-16)21-18(9-15)27-19(28-21)12-30-20-3-1-2-6-25-20/h1-9,24H,10-12H2,(H,26,29)(H,27,28). The molecule has 2 aromatic heterocycles. The number of imidazole rings is 1. The normalized spacial score (nSPS) is 12.7. The van der Waals surface area contributed by atoms with Crippen molar-refractivity contribution in [3.05, 3.63) is 82.3 Å². The van der Waals surface area contributed by atoms with Crippen LogP contribution >= 0.6 is 11.6 Å². The van der Waals surface area contributed by atoms with Crippen LogP contribution in [0.25, 0.3) is 11.0 Å². The van der Waals surface area contributed by atoms with Crippen LogP contribution in [0.4, 0.5) is 5.69 Å². The van der Waals surface area contributed by atoms with Crippen LogP contribution in [0.5, 0.6) is 5.88 Å². The maximum atomic E-state index is 13.0. The summed E-state index contributed by atoms with van der Waals surface area (Å²) in [4.78, 5) is 24.8. The Morgan fingerprint density at radius 3 is 2.90 bits per heavy atom. The van der Waals surface area contributed by atoms with Crippen LogP contribution in [0.1, 0.15) is 27.3 Å². The molecule has 1 aliphatic rings. The number of amides is 1. The number of ether oxygens (including phenoxy) is 1. The van der Waals surface area contributed by atoms with Gasteiger partial charge in [0, 0.05) is 36.1 Å². The maximum Gasteiger partial charge on any atom is 0.257 e. The Labute approximate surface area is 177 Å².